The van der Waals surface area contributed by atoms with Gasteiger partial charge in [0.15, 0.2) is 0 Å². The van der Waals surface area contributed by atoms with Crippen LogP contribution in [0.5, 0.6) is 0 Å². The summed E-state index contributed by atoms with van der Waals surface area (Å²) >= 11 is 0. The maximum Gasteiger partial charge on any atom is 0.215 e. The van der Waals surface area contributed by atoms with Gasteiger partial charge in [0.25, 0.3) is 0 Å². The molecule has 0 aliphatic carbocycles. The van der Waals surface area contributed by atoms with E-state index in [2.05, 4.69) is 4.98 Å². The Labute approximate surface area is 82.2 Å². The number of rotatable bonds is 2. The van der Waals surface area contributed by atoms with Crippen LogP contribution >= 0.6 is 0 Å². The van der Waals surface area contributed by atoms with E-state index in [4.69, 9.17) is 10.1 Å². The molecule has 0 atom stereocenters. The van der Waals surface area contributed by atoms with Gasteiger partial charge in [-0.15, -0.1) is 0 Å². The van der Waals surface area contributed by atoms with Gasteiger partial charge in [0.1, 0.15) is 0 Å². The highest BCUT2D eigenvalue weighted by molar-refractivity contribution is 6.05. The van der Waals surface area contributed by atoms with E-state index in [9.17, 15) is 0 Å². The number of hydrogen-bond donors (Lipinski definition) is 2. The Hall–Kier alpha value is -1.77. The van der Waals surface area contributed by atoms with Crippen LogP contribution in [0, 0.1) is 5.41 Å². The van der Waals surface area contributed by atoms with Crippen LogP contribution in [0.1, 0.15) is 12.5 Å². The molecule has 0 saturated heterocycles. The SMILES string of the molecule is CCOC(=N)c1c[nH]c2ccccc12. The van der Waals surface area contributed by atoms with Gasteiger partial charge in [-0.25, -0.2) is 0 Å². The highest BCUT2D eigenvalue weighted by Crippen LogP contribution is 2.18. The van der Waals surface area contributed by atoms with Gasteiger partial charge in [-0.2, -0.15) is 0 Å². The number of H-pyrrole nitrogens is 1. The molecule has 2 aromatic rings. The molecule has 0 amide bonds. The second kappa shape index (κ2) is 3.54. The van der Waals surface area contributed by atoms with E-state index in [0.717, 1.165) is 16.5 Å². The summed E-state index contributed by atoms with van der Waals surface area (Å²) in [6, 6.07) is 7.89. The van der Waals surface area contributed by atoms with Crippen LogP contribution in [0.4, 0.5) is 0 Å². The summed E-state index contributed by atoms with van der Waals surface area (Å²) in [4.78, 5) is 3.11. The van der Waals surface area contributed by atoms with Crippen molar-refractivity contribution < 1.29 is 4.74 Å². The molecule has 0 unspecified atom stereocenters. The van der Waals surface area contributed by atoms with Gasteiger partial charge in [-0.3, -0.25) is 5.41 Å². The Morgan fingerprint density at radius 2 is 2.21 bits per heavy atom. The average molecular weight is 188 g/mol. The third-order valence-electron chi connectivity index (χ3n) is 2.12. The van der Waals surface area contributed by atoms with Gasteiger partial charge in [-0.05, 0) is 13.0 Å². The van der Waals surface area contributed by atoms with E-state index < -0.39 is 0 Å². The summed E-state index contributed by atoms with van der Waals surface area (Å²) in [5.41, 5.74) is 1.86. The standard InChI is InChI=1S/C11H12N2O/c1-2-14-11(12)9-7-13-10-6-4-3-5-8(9)10/h3-7,12-13H,2H2,1H3. The van der Waals surface area contributed by atoms with Gasteiger partial charge in [0.2, 0.25) is 5.90 Å². The summed E-state index contributed by atoms with van der Waals surface area (Å²) < 4.78 is 5.16. The van der Waals surface area contributed by atoms with Crippen molar-refractivity contribution in [3.8, 4) is 0 Å². The van der Waals surface area contributed by atoms with Gasteiger partial charge in [0, 0.05) is 17.1 Å². The number of hydrogen-bond acceptors (Lipinski definition) is 2. The Morgan fingerprint density at radius 3 is 3.00 bits per heavy atom. The largest absolute Gasteiger partial charge is 0.478 e. The van der Waals surface area contributed by atoms with Crippen molar-refractivity contribution in [3.05, 3.63) is 36.0 Å². The molecule has 3 nitrogen and oxygen atoms in total. The maximum atomic E-state index is 7.69. The van der Waals surface area contributed by atoms with E-state index in [1.807, 2.05) is 37.4 Å². The molecule has 3 heteroatoms. The van der Waals surface area contributed by atoms with Crippen LogP contribution in [-0.2, 0) is 4.74 Å². The summed E-state index contributed by atoms with van der Waals surface area (Å²) in [6.07, 6.45) is 1.81. The lowest BCUT2D eigenvalue weighted by Gasteiger charge is -2.02. The van der Waals surface area contributed by atoms with E-state index in [-0.39, 0.29) is 5.90 Å². The highest BCUT2D eigenvalue weighted by Gasteiger charge is 2.07. The van der Waals surface area contributed by atoms with Crippen LogP contribution in [-0.4, -0.2) is 17.5 Å². The Bertz CT molecular complexity index is 459. The van der Waals surface area contributed by atoms with E-state index in [1.54, 1.807) is 0 Å². The molecule has 14 heavy (non-hydrogen) atoms. The first-order chi connectivity index (χ1) is 6.83. The van der Waals surface area contributed by atoms with E-state index >= 15 is 0 Å². The third kappa shape index (κ3) is 1.37. The molecular weight excluding hydrogens is 176 g/mol. The summed E-state index contributed by atoms with van der Waals surface area (Å²) in [6.45, 7) is 2.40. The Kier molecular flexibility index (Phi) is 2.23. The third-order valence-corrected chi connectivity index (χ3v) is 2.12. The first kappa shape index (κ1) is 8.81. The molecule has 72 valence electrons. The second-order valence-corrected chi connectivity index (χ2v) is 3.01. The number of para-hydroxylation sites is 1. The second-order valence-electron chi connectivity index (χ2n) is 3.01. The molecular formula is C11H12N2O. The number of aromatic amines is 1. The Morgan fingerprint density at radius 1 is 1.43 bits per heavy atom. The zero-order valence-electron chi connectivity index (χ0n) is 8.00. The fourth-order valence-corrected chi connectivity index (χ4v) is 1.48. The lowest BCUT2D eigenvalue weighted by Crippen LogP contribution is -2.03. The van der Waals surface area contributed by atoms with Gasteiger partial charge in [0.05, 0.1) is 12.2 Å². The van der Waals surface area contributed by atoms with Crippen LogP contribution in [0.15, 0.2) is 30.5 Å². The number of nitrogens with one attached hydrogen (secondary N) is 2. The molecule has 0 bridgehead atoms. The lowest BCUT2D eigenvalue weighted by atomic mass is 10.2. The zero-order valence-corrected chi connectivity index (χ0v) is 8.00. The van der Waals surface area contributed by atoms with Crippen LogP contribution in [0.3, 0.4) is 0 Å². The van der Waals surface area contributed by atoms with Crippen molar-refractivity contribution in [3.63, 3.8) is 0 Å². The van der Waals surface area contributed by atoms with Crippen LogP contribution in [0.25, 0.3) is 10.9 Å². The predicted octanol–water partition coefficient (Wildman–Crippen LogP) is 2.53. The topological polar surface area (TPSA) is 48.9 Å². The van der Waals surface area contributed by atoms with Crippen molar-refractivity contribution in [1.82, 2.24) is 4.98 Å². The maximum absolute atomic E-state index is 7.69. The summed E-state index contributed by atoms with van der Waals surface area (Å²) in [5, 5.41) is 8.72. The summed E-state index contributed by atoms with van der Waals surface area (Å²) in [7, 11) is 0. The van der Waals surface area contributed by atoms with E-state index in [0.29, 0.717) is 6.61 Å². The minimum absolute atomic E-state index is 0.227. The molecule has 0 aliphatic heterocycles. The molecule has 2 N–H and O–H groups in total. The molecule has 1 aromatic carbocycles. The quantitative estimate of drug-likeness (QED) is 0.552. The monoisotopic (exact) mass is 188 g/mol. The predicted molar refractivity (Wildman–Crippen MR) is 56.8 cm³/mol. The average Bonchev–Trinajstić information content (AvgIpc) is 2.61. The number of benzene rings is 1. The first-order valence-corrected chi connectivity index (χ1v) is 4.60. The fraction of sp³-hybridized carbons (Fsp3) is 0.182. The van der Waals surface area contributed by atoms with Crippen molar-refractivity contribution in [2.45, 2.75) is 6.92 Å². The normalized spacial score (nSPS) is 10.4. The molecule has 0 fully saturated rings. The molecule has 0 saturated carbocycles. The number of fused-ring (bicyclic) bond motifs is 1. The smallest absolute Gasteiger partial charge is 0.215 e. The van der Waals surface area contributed by atoms with Crippen LogP contribution < -0.4 is 0 Å². The van der Waals surface area contributed by atoms with Crippen molar-refractivity contribution in [2.75, 3.05) is 6.61 Å². The van der Waals surface area contributed by atoms with Gasteiger partial charge >= 0.3 is 0 Å². The molecule has 0 spiro atoms. The summed E-state index contributed by atoms with van der Waals surface area (Å²) in [5.74, 6) is 0.227. The Balaban J connectivity index is 2.47. The molecule has 1 aromatic heterocycles. The zero-order chi connectivity index (χ0) is 9.97. The van der Waals surface area contributed by atoms with Crippen LogP contribution in [0.2, 0.25) is 0 Å². The minimum atomic E-state index is 0.227. The van der Waals surface area contributed by atoms with Crippen molar-refractivity contribution >= 4 is 16.8 Å². The number of ether oxygens (including phenoxy) is 1. The highest BCUT2D eigenvalue weighted by atomic mass is 16.5. The van der Waals surface area contributed by atoms with E-state index in [1.165, 1.54) is 0 Å². The van der Waals surface area contributed by atoms with Gasteiger partial charge in [-0.1, -0.05) is 18.2 Å². The molecule has 2 rings (SSSR count). The van der Waals surface area contributed by atoms with Gasteiger partial charge < -0.3 is 9.72 Å². The minimum Gasteiger partial charge on any atom is -0.478 e. The number of aromatic nitrogens is 1. The van der Waals surface area contributed by atoms with Crippen molar-refractivity contribution in [2.24, 2.45) is 0 Å². The molecule has 1 heterocycles. The molecule has 0 radical (unpaired) electrons. The molecule has 0 aliphatic rings. The van der Waals surface area contributed by atoms with Crippen molar-refractivity contribution in [1.29, 1.82) is 5.41 Å². The lowest BCUT2D eigenvalue weighted by molar-refractivity contribution is 0.326. The first-order valence-electron chi connectivity index (χ1n) is 4.60. The fourth-order valence-electron chi connectivity index (χ4n) is 1.48.